The van der Waals surface area contributed by atoms with Crippen molar-refractivity contribution in [3.63, 3.8) is 0 Å². The fourth-order valence-electron chi connectivity index (χ4n) is 23.2. The summed E-state index contributed by atoms with van der Waals surface area (Å²) in [6.45, 7) is 13.8. The molecule has 142 heavy (non-hydrogen) atoms. The Morgan fingerprint density at radius 1 is 0.190 bits per heavy atom. The van der Waals surface area contributed by atoms with Crippen LogP contribution in [-0.2, 0) is 16.2 Å². The van der Waals surface area contributed by atoms with E-state index in [9.17, 15) is 0 Å². The van der Waals surface area contributed by atoms with Crippen molar-refractivity contribution in [2.45, 2.75) is 89.9 Å². The van der Waals surface area contributed by atoms with E-state index in [4.69, 9.17) is 52.6 Å². The van der Waals surface area contributed by atoms with Crippen molar-refractivity contribution in [2.75, 3.05) is 0 Å². The van der Waals surface area contributed by atoms with Gasteiger partial charge in [-0.25, -0.2) is 34.9 Å². The van der Waals surface area contributed by atoms with Gasteiger partial charge >= 0.3 is 0 Å². The summed E-state index contributed by atoms with van der Waals surface area (Å²) in [6.07, 6.45) is 5.21. The lowest BCUT2D eigenvalue weighted by molar-refractivity contribution is 0.490. The summed E-state index contributed by atoms with van der Waals surface area (Å²) in [5.41, 5.74) is 39.2. The first kappa shape index (κ1) is 85.0. The molecule has 11 heteroatoms. The van der Waals surface area contributed by atoms with Crippen LogP contribution in [0.4, 0.5) is 0 Å². The van der Waals surface area contributed by atoms with Gasteiger partial charge in [-0.05, 0) is 249 Å². The average molecular weight is 1830 g/mol. The van der Waals surface area contributed by atoms with E-state index in [1.54, 1.807) is 0 Å². The Bertz CT molecular complexity index is 9270. The first-order valence-electron chi connectivity index (χ1n) is 49.5. The molecule has 28 rings (SSSR count). The van der Waals surface area contributed by atoms with Gasteiger partial charge in [0.05, 0.1) is 28.2 Å². The smallest absolute Gasteiger partial charge is 0.164 e. The molecule has 7 heterocycles. The molecule has 1 unspecified atom stereocenters. The number of rotatable bonds is 15. The van der Waals surface area contributed by atoms with Crippen molar-refractivity contribution in [2.24, 2.45) is 0 Å². The van der Waals surface area contributed by atoms with Crippen LogP contribution >= 0.6 is 0 Å². The molecule has 678 valence electrons. The van der Waals surface area contributed by atoms with E-state index in [0.29, 0.717) is 29.1 Å². The summed E-state index contributed by atoms with van der Waals surface area (Å²) < 4.78 is 25.9. The van der Waals surface area contributed by atoms with Gasteiger partial charge < -0.3 is 17.7 Å². The van der Waals surface area contributed by atoms with Crippen molar-refractivity contribution >= 4 is 98.7 Å². The highest BCUT2D eigenvalue weighted by molar-refractivity contribution is 6.14. The largest absolute Gasteiger partial charge is 0.456 e. The number of benzene rings is 18. The van der Waals surface area contributed by atoms with Gasteiger partial charge in [0.1, 0.15) is 44.7 Å². The predicted octanol–water partition coefficient (Wildman–Crippen LogP) is 35.1. The second-order valence-electron chi connectivity index (χ2n) is 38.1. The number of furan rings is 4. The van der Waals surface area contributed by atoms with E-state index < -0.39 is 0 Å². The lowest BCUT2D eigenvalue weighted by Gasteiger charge is -2.29. The highest BCUT2D eigenvalue weighted by atomic mass is 16.3. The van der Waals surface area contributed by atoms with Crippen LogP contribution in [-0.4, -0.2) is 34.9 Å². The second kappa shape index (κ2) is 34.0. The summed E-state index contributed by atoms with van der Waals surface area (Å²) in [7, 11) is 0. The standard InChI is InChI=1S/C50H36N2O.C44H31N3O2.C37H28N2O/c1-3-50(2)43-23-11-10-22-39(43)40-29-42-41-28-38(24-25-47(41)53-48(42)30-44(40)50)49-51-45(36-20-12-18-34(26-36)32-14-6-4-7-15-32)31-46(52-49)37-21-13-19-35(27-37)33-16-8-5-9-17-33;1-3-44(4-2)35-16-10-8-14-29(35)31-24-34-33-23-28(19-21-39(33)49-40(34)25-36(31)44)43-46-41(26-12-6-5-7-13-26)45-42(47-43)27-18-20-38-32(22-27)30-15-9-11-17-37(30)48-38;1-3-37(4-2)30-19-10-8-15-24(30)28-21-29-25-17-12-18-27(35(25)40-33(29)22-31(28)37)36-38-32-20-11-9-16-26(32)34(39-36)23-13-6-5-7-14-23/h4-31H,3H2,1-2H3;5-25H,3-4H2,1-2H3;5-22H,3-4H2,1-2H3. The normalized spacial score (nSPS) is 14.0. The van der Waals surface area contributed by atoms with E-state index in [2.05, 4.69) is 351 Å². The summed E-state index contributed by atoms with van der Waals surface area (Å²) in [6, 6.07) is 143. The van der Waals surface area contributed by atoms with Crippen LogP contribution in [0.15, 0.2) is 424 Å². The highest BCUT2D eigenvalue weighted by Gasteiger charge is 2.44. The fourth-order valence-corrected chi connectivity index (χ4v) is 23.2. The molecule has 0 spiro atoms. The van der Waals surface area contributed by atoms with Crippen LogP contribution in [0, 0.1) is 0 Å². The number of hydrogen-bond acceptors (Lipinski definition) is 11. The zero-order valence-corrected chi connectivity index (χ0v) is 79.5. The molecule has 0 saturated carbocycles. The molecule has 18 aromatic carbocycles. The first-order chi connectivity index (χ1) is 69.9. The molecular formula is C131H95N7O4. The first-order valence-corrected chi connectivity index (χ1v) is 49.5. The quantitative estimate of drug-likeness (QED) is 0.0968. The van der Waals surface area contributed by atoms with Gasteiger partial charge in [0.2, 0.25) is 0 Å². The molecule has 3 aliphatic carbocycles. The number of hydrogen-bond donors (Lipinski definition) is 0. The average Bonchev–Trinajstić information content (AvgIpc) is 1.55. The van der Waals surface area contributed by atoms with Gasteiger partial charge in [0.15, 0.2) is 29.1 Å². The number of fused-ring (bicyclic) bond motifs is 22. The van der Waals surface area contributed by atoms with E-state index in [-0.39, 0.29) is 16.2 Å². The topological polar surface area (TPSA) is 143 Å². The maximum Gasteiger partial charge on any atom is 0.164 e. The van der Waals surface area contributed by atoms with Crippen LogP contribution in [0.1, 0.15) is 107 Å². The van der Waals surface area contributed by atoms with E-state index in [1.807, 2.05) is 97.1 Å². The molecular weight excluding hydrogens is 1740 g/mol. The minimum atomic E-state index is -0.0510. The maximum atomic E-state index is 6.72. The molecule has 0 fully saturated rings. The fraction of sp³-hybridized carbons (Fsp3) is 0.107. The highest BCUT2D eigenvalue weighted by Crippen LogP contribution is 2.58. The molecule has 0 aliphatic heterocycles. The van der Waals surface area contributed by atoms with Crippen LogP contribution in [0.2, 0.25) is 0 Å². The summed E-state index contributed by atoms with van der Waals surface area (Å²) >= 11 is 0. The predicted molar refractivity (Wildman–Crippen MR) is 581 cm³/mol. The van der Waals surface area contributed by atoms with E-state index in [1.165, 1.54) is 77.9 Å². The van der Waals surface area contributed by atoms with Crippen molar-refractivity contribution in [1.29, 1.82) is 0 Å². The lowest BCUT2D eigenvalue weighted by Crippen LogP contribution is -2.22. The Kier molecular flexibility index (Phi) is 20.4. The molecule has 3 aliphatic rings. The zero-order valence-electron chi connectivity index (χ0n) is 79.5. The van der Waals surface area contributed by atoms with Crippen LogP contribution in [0.3, 0.4) is 0 Å². The Balaban J connectivity index is 0.000000110. The van der Waals surface area contributed by atoms with Gasteiger partial charge in [0, 0.05) is 104 Å². The van der Waals surface area contributed by atoms with Crippen molar-refractivity contribution in [1.82, 2.24) is 34.9 Å². The Morgan fingerprint density at radius 2 is 0.549 bits per heavy atom. The second-order valence-corrected chi connectivity index (χ2v) is 38.1. The minimum Gasteiger partial charge on any atom is -0.456 e. The molecule has 0 amide bonds. The Morgan fingerprint density at radius 3 is 1.07 bits per heavy atom. The third-order valence-electron chi connectivity index (χ3n) is 30.8. The molecule has 7 aromatic heterocycles. The van der Waals surface area contributed by atoms with Gasteiger partial charge in [-0.2, -0.15) is 0 Å². The molecule has 1 atom stereocenters. The maximum absolute atomic E-state index is 6.72. The number of nitrogens with zero attached hydrogens (tertiary/aromatic N) is 7. The SMILES string of the molecule is CCC1(C)c2ccccc2-c2cc3c(cc21)oc1ccc(-c2nc(-c4cccc(-c5ccccc5)c4)cc(-c4cccc(-c5ccccc5)c4)n2)cc13.CCC1(CC)c2ccccc2-c2cc3c(cc21)oc1c(-c2nc(-c4ccccc4)c4ccccc4n2)cccc13.CCC1(CC)c2ccccc2-c2cc3c(cc21)oc1ccc(-c2nc(-c4ccccc4)nc(-c4ccc5oc6ccccc6c5c4)n2)cc13. The van der Waals surface area contributed by atoms with Gasteiger partial charge in [-0.15, -0.1) is 0 Å². The molecule has 11 nitrogen and oxygen atoms in total. The third-order valence-corrected chi connectivity index (χ3v) is 30.8. The van der Waals surface area contributed by atoms with Crippen LogP contribution in [0.25, 0.3) is 245 Å². The summed E-state index contributed by atoms with van der Waals surface area (Å²) in [5, 5.41) is 9.70. The third kappa shape index (κ3) is 13.9. The van der Waals surface area contributed by atoms with Crippen molar-refractivity contribution < 1.29 is 17.7 Å². The van der Waals surface area contributed by atoms with Crippen molar-refractivity contribution in [3.8, 4) is 146 Å². The van der Waals surface area contributed by atoms with Crippen molar-refractivity contribution in [3.05, 3.63) is 440 Å². The van der Waals surface area contributed by atoms with Crippen LogP contribution in [0.5, 0.6) is 0 Å². The number of para-hydroxylation sites is 3. The monoisotopic (exact) mass is 1830 g/mol. The molecule has 25 aromatic rings. The zero-order chi connectivity index (χ0) is 95.1. The Hall–Kier alpha value is -17.4. The molecule has 0 saturated heterocycles. The molecule has 0 radical (unpaired) electrons. The number of aromatic nitrogens is 7. The van der Waals surface area contributed by atoms with Gasteiger partial charge in [-0.3, -0.25) is 0 Å². The minimum absolute atomic E-state index is 0.00790. The van der Waals surface area contributed by atoms with Gasteiger partial charge in [0.25, 0.3) is 0 Å². The van der Waals surface area contributed by atoms with Gasteiger partial charge in [-0.1, -0.05) is 321 Å². The Labute approximate surface area is 821 Å². The lowest BCUT2D eigenvalue weighted by atomic mass is 9.74. The molecule has 0 bridgehead atoms. The summed E-state index contributed by atoms with van der Waals surface area (Å²) in [5.74, 6) is 3.20. The summed E-state index contributed by atoms with van der Waals surface area (Å²) in [4.78, 5) is 35.8. The van der Waals surface area contributed by atoms with Crippen LogP contribution < -0.4 is 0 Å². The van der Waals surface area contributed by atoms with E-state index >= 15 is 0 Å². The molecule has 0 N–H and O–H groups in total. The van der Waals surface area contributed by atoms with E-state index in [0.717, 1.165) is 203 Å².